The van der Waals surface area contributed by atoms with E-state index < -0.39 is 33.4 Å². The third-order valence-corrected chi connectivity index (χ3v) is 3.77. The van der Waals surface area contributed by atoms with E-state index in [2.05, 4.69) is 5.10 Å². The van der Waals surface area contributed by atoms with Gasteiger partial charge < -0.3 is 5.11 Å². The van der Waals surface area contributed by atoms with Gasteiger partial charge in [-0.15, -0.1) is 0 Å². The fourth-order valence-electron chi connectivity index (χ4n) is 1.79. The first-order valence-electron chi connectivity index (χ1n) is 5.59. The van der Waals surface area contributed by atoms with Crippen molar-refractivity contribution >= 4 is 40.8 Å². The maximum absolute atomic E-state index is 12.7. The first kappa shape index (κ1) is 16.9. The number of hydrogen-bond acceptors (Lipinski definition) is 2. The molecule has 2 rings (SSSR count). The lowest BCUT2D eigenvalue weighted by Crippen LogP contribution is -2.11. The third-order valence-electron chi connectivity index (χ3n) is 2.75. The number of hydrogen-bond donors (Lipinski definition) is 1. The van der Waals surface area contributed by atoms with Gasteiger partial charge in [0.15, 0.2) is 5.69 Å². The predicted molar refractivity (Wildman–Crippen MR) is 75.3 cm³/mol. The lowest BCUT2D eigenvalue weighted by molar-refractivity contribution is -0.137. The van der Waals surface area contributed by atoms with Gasteiger partial charge in [0.25, 0.3) is 0 Å². The standard InChI is InChI=1S/C12H6Cl3F3N2O2/c1-4-8(15)10(11(21)22)20(19-4)9-6(13)2-5(3-7(9)14)12(16,17)18/h2-3H,1H3,(H,21,22). The molecule has 1 aromatic carbocycles. The maximum atomic E-state index is 12.7. The van der Waals surface area contributed by atoms with Crippen LogP contribution in [-0.2, 0) is 6.18 Å². The largest absolute Gasteiger partial charge is 0.476 e. The summed E-state index contributed by atoms with van der Waals surface area (Å²) in [5.41, 5.74) is -1.52. The summed E-state index contributed by atoms with van der Waals surface area (Å²) >= 11 is 17.5. The number of carbonyl (C=O) groups is 1. The van der Waals surface area contributed by atoms with Crippen LogP contribution in [0.25, 0.3) is 5.69 Å². The van der Waals surface area contributed by atoms with Crippen molar-refractivity contribution in [3.8, 4) is 5.69 Å². The zero-order valence-corrected chi connectivity index (χ0v) is 12.9. The van der Waals surface area contributed by atoms with Gasteiger partial charge in [-0.2, -0.15) is 18.3 Å². The Bertz CT molecular complexity index is 749. The summed E-state index contributed by atoms with van der Waals surface area (Å²) in [6.07, 6.45) is -4.64. The molecule has 0 atom stereocenters. The van der Waals surface area contributed by atoms with Crippen LogP contribution in [0.3, 0.4) is 0 Å². The van der Waals surface area contributed by atoms with Gasteiger partial charge in [-0.05, 0) is 19.1 Å². The first-order chi connectivity index (χ1) is 10.0. The van der Waals surface area contributed by atoms with Crippen LogP contribution in [0.5, 0.6) is 0 Å². The van der Waals surface area contributed by atoms with E-state index in [1.807, 2.05) is 0 Å². The summed E-state index contributed by atoms with van der Waals surface area (Å²) in [5, 5.41) is 12.1. The van der Waals surface area contributed by atoms with Crippen molar-refractivity contribution in [2.24, 2.45) is 0 Å². The molecule has 118 valence electrons. The van der Waals surface area contributed by atoms with Gasteiger partial charge in [-0.1, -0.05) is 34.8 Å². The van der Waals surface area contributed by atoms with E-state index in [1.165, 1.54) is 6.92 Å². The topological polar surface area (TPSA) is 55.1 Å². The quantitative estimate of drug-likeness (QED) is 0.818. The Labute approximate surface area is 137 Å². The molecular weight excluding hydrogens is 367 g/mol. The van der Waals surface area contributed by atoms with Gasteiger partial charge in [-0.25, -0.2) is 9.48 Å². The Morgan fingerprint density at radius 2 is 1.73 bits per heavy atom. The van der Waals surface area contributed by atoms with Crippen LogP contribution in [0.15, 0.2) is 12.1 Å². The van der Waals surface area contributed by atoms with Crippen molar-refractivity contribution < 1.29 is 23.1 Å². The van der Waals surface area contributed by atoms with Gasteiger partial charge in [0.1, 0.15) is 5.69 Å². The number of benzene rings is 1. The SMILES string of the molecule is Cc1nn(-c2c(Cl)cc(C(F)(F)F)cc2Cl)c(C(=O)O)c1Cl. The van der Waals surface area contributed by atoms with Crippen molar-refractivity contribution in [2.45, 2.75) is 13.1 Å². The number of aryl methyl sites for hydroxylation is 1. The van der Waals surface area contributed by atoms with E-state index in [0.717, 1.165) is 4.68 Å². The van der Waals surface area contributed by atoms with E-state index in [4.69, 9.17) is 34.8 Å². The predicted octanol–water partition coefficient (Wildman–Crippen LogP) is 4.86. The molecule has 0 saturated heterocycles. The van der Waals surface area contributed by atoms with Crippen LogP contribution >= 0.6 is 34.8 Å². The van der Waals surface area contributed by atoms with E-state index in [0.29, 0.717) is 12.1 Å². The number of carboxylic acids is 1. The van der Waals surface area contributed by atoms with Gasteiger partial charge >= 0.3 is 12.1 Å². The number of aromatic nitrogens is 2. The molecule has 10 heteroatoms. The van der Waals surface area contributed by atoms with Crippen LogP contribution in [0, 0.1) is 6.92 Å². The molecular formula is C12H6Cl3F3N2O2. The van der Waals surface area contributed by atoms with Gasteiger partial charge in [0, 0.05) is 0 Å². The highest BCUT2D eigenvalue weighted by molar-refractivity contribution is 6.38. The van der Waals surface area contributed by atoms with Gasteiger partial charge in [0.2, 0.25) is 0 Å². The second-order valence-electron chi connectivity index (χ2n) is 4.25. The molecule has 0 unspecified atom stereocenters. The number of carboxylic acid groups (broad SMARTS) is 1. The van der Waals surface area contributed by atoms with E-state index in [-0.39, 0.29) is 16.4 Å². The average molecular weight is 374 g/mol. The van der Waals surface area contributed by atoms with Crippen LogP contribution in [0.1, 0.15) is 21.7 Å². The van der Waals surface area contributed by atoms with Crippen molar-refractivity contribution in [1.29, 1.82) is 0 Å². The molecule has 0 spiro atoms. The van der Waals surface area contributed by atoms with Crippen LogP contribution in [0.2, 0.25) is 15.1 Å². The molecule has 0 fully saturated rings. The highest BCUT2D eigenvalue weighted by Gasteiger charge is 2.33. The van der Waals surface area contributed by atoms with Gasteiger partial charge in [-0.3, -0.25) is 0 Å². The van der Waals surface area contributed by atoms with Gasteiger partial charge in [0.05, 0.1) is 26.3 Å². The summed E-state index contributed by atoms with van der Waals surface area (Å²) < 4.78 is 38.9. The second kappa shape index (κ2) is 5.64. The second-order valence-corrected chi connectivity index (χ2v) is 5.44. The Morgan fingerprint density at radius 3 is 2.14 bits per heavy atom. The molecule has 0 bridgehead atoms. The monoisotopic (exact) mass is 372 g/mol. The lowest BCUT2D eigenvalue weighted by atomic mass is 10.2. The summed E-state index contributed by atoms with van der Waals surface area (Å²) in [6, 6.07) is 1.28. The summed E-state index contributed by atoms with van der Waals surface area (Å²) in [5.74, 6) is -1.42. The van der Waals surface area contributed by atoms with Crippen molar-refractivity contribution in [3.63, 3.8) is 0 Å². The van der Waals surface area contributed by atoms with Crippen LogP contribution in [0.4, 0.5) is 13.2 Å². The molecule has 22 heavy (non-hydrogen) atoms. The Kier molecular flexibility index (Phi) is 4.34. The summed E-state index contributed by atoms with van der Waals surface area (Å²) in [4.78, 5) is 11.3. The summed E-state index contributed by atoms with van der Waals surface area (Å²) in [6.45, 7) is 1.44. The van der Waals surface area contributed by atoms with Crippen molar-refractivity contribution in [2.75, 3.05) is 0 Å². The third kappa shape index (κ3) is 2.88. The van der Waals surface area contributed by atoms with Crippen LogP contribution < -0.4 is 0 Å². The average Bonchev–Trinajstić information content (AvgIpc) is 2.63. The number of nitrogens with zero attached hydrogens (tertiary/aromatic N) is 2. The molecule has 4 nitrogen and oxygen atoms in total. The number of aromatic carboxylic acids is 1. The van der Waals surface area contributed by atoms with Crippen LogP contribution in [-0.4, -0.2) is 20.9 Å². The highest BCUT2D eigenvalue weighted by Crippen LogP contribution is 2.38. The van der Waals surface area contributed by atoms with Crippen molar-refractivity contribution in [3.05, 3.63) is 44.2 Å². The van der Waals surface area contributed by atoms with Crippen molar-refractivity contribution in [1.82, 2.24) is 9.78 Å². The fraction of sp³-hybridized carbons (Fsp3) is 0.167. The minimum Gasteiger partial charge on any atom is -0.476 e. The molecule has 0 aliphatic heterocycles. The molecule has 0 saturated carbocycles. The van der Waals surface area contributed by atoms with E-state index in [1.54, 1.807) is 0 Å². The smallest absolute Gasteiger partial charge is 0.416 e. The molecule has 2 aromatic rings. The van der Waals surface area contributed by atoms with E-state index in [9.17, 15) is 23.1 Å². The number of alkyl halides is 3. The number of halogens is 6. The maximum Gasteiger partial charge on any atom is 0.416 e. The molecule has 1 aromatic heterocycles. The molecule has 0 aliphatic carbocycles. The first-order valence-corrected chi connectivity index (χ1v) is 6.72. The molecule has 0 amide bonds. The Balaban J connectivity index is 2.75. The Hall–Kier alpha value is -1.44. The molecule has 0 radical (unpaired) electrons. The minimum atomic E-state index is -4.64. The zero-order chi connectivity index (χ0) is 16.8. The lowest BCUT2D eigenvalue weighted by Gasteiger charge is -2.13. The molecule has 0 aliphatic rings. The molecule has 1 heterocycles. The summed E-state index contributed by atoms with van der Waals surface area (Å²) in [7, 11) is 0. The highest BCUT2D eigenvalue weighted by atomic mass is 35.5. The minimum absolute atomic E-state index is 0.153. The zero-order valence-electron chi connectivity index (χ0n) is 10.7. The fourth-order valence-corrected chi connectivity index (χ4v) is 2.63. The Morgan fingerprint density at radius 1 is 1.23 bits per heavy atom. The number of rotatable bonds is 2. The normalized spacial score (nSPS) is 11.8. The van der Waals surface area contributed by atoms with E-state index >= 15 is 0 Å². The molecule has 1 N–H and O–H groups in total.